The summed E-state index contributed by atoms with van der Waals surface area (Å²) < 4.78 is 11.1. The van der Waals surface area contributed by atoms with Crippen LogP contribution in [-0.2, 0) is 9.47 Å². The lowest BCUT2D eigenvalue weighted by atomic mass is 10.2. The average Bonchev–Trinajstić information content (AvgIpc) is 2.88. The van der Waals surface area contributed by atoms with Gasteiger partial charge in [0.15, 0.2) is 6.29 Å². The third-order valence-electron chi connectivity index (χ3n) is 2.62. The molecule has 0 aromatic carbocycles. The van der Waals surface area contributed by atoms with Crippen molar-refractivity contribution >= 4 is 0 Å². The molecule has 1 atom stereocenters. The summed E-state index contributed by atoms with van der Waals surface area (Å²) in [5.74, 6) is 0. The third kappa shape index (κ3) is 1.79. The summed E-state index contributed by atoms with van der Waals surface area (Å²) in [5, 5.41) is 9.01. The van der Waals surface area contributed by atoms with Gasteiger partial charge in [-0.3, -0.25) is 0 Å². The normalized spacial score (nSPS) is 33.2. The lowest BCUT2D eigenvalue weighted by Gasteiger charge is -2.26. The summed E-state index contributed by atoms with van der Waals surface area (Å²) in [6, 6.07) is 0. The highest BCUT2D eigenvalue weighted by Crippen LogP contribution is 2.41. The lowest BCUT2D eigenvalue weighted by Crippen LogP contribution is -2.31. The topological polar surface area (TPSA) is 38.7 Å². The van der Waals surface area contributed by atoms with Gasteiger partial charge in [0.05, 0.1) is 12.2 Å². The molecule has 0 radical (unpaired) electrons. The summed E-state index contributed by atoms with van der Waals surface area (Å²) in [6.07, 6.45) is 5.25. The van der Waals surface area contributed by atoms with Crippen LogP contribution in [0.2, 0.25) is 0 Å². The van der Waals surface area contributed by atoms with E-state index in [9.17, 15) is 0 Å². The molecule has 1 N–H and O–H groups in total. The molecular formula is C9H16O3. The molecule has 2 fully saturated rings. The van der Waals surface area contributed by atoms with Crippen molar-refractivity contribution in [2.24, 2.45) is 0 Å². The SMILES string of the molecule is OCC1(OC2CCCCO2)CC1. The minimum Gasteiger partial charge on any atom is -0.393 e. The molecule has 0 aromatic heterocycles. The fourth-order valence-corrected chi connectivity index (χ4v) is 1.54. The molecule has 3 nitrogen and oxygen atoms in total. The Morgan fingerprint density at radius 1 is 1.42 bits per heavy atom. The minimum absolute atomic E-state index is 0.0478. The van der Waals surface area contributed by atoms with E-state index in [0.29, 0.717) is 0 Å². The van der Waals surface area contributed by atoms with Crippen LogP contribution >= 0.6 is 0 Å². The number of ether oxygens (including phenoxy) is 2. The van der Waals surface area contributed by atoms with Crippen molar-refractivity contribution in [2.45, 2.75) is 44.0 Å². The van der Waals surface area contributed by atoms with E-state index < -0.39 is 0 Å². The van der Waals surface area contributed by atoms with Gasteiger partial charge in [-0.15, -0.1) is 0 Å². The quantitative estimate of drug-likeness (QED) is 0.691. The molecule has 1 unspecified atom stereocenters. The largest absolute Gasteiger partial charge is 0.393 e. The summed E-state index contributed by atoms with van der Waals surface area (Å²) >= 11 is 0. The molecule has 0 bridgehead atoms. The first-order valence-corrected chi connectivity index (χ1v) is 4.75. The molecule has 12 heavy (non-hydrogen) atoms. The van der Waals surface area contributed by atoms with Crippen molar-refractivity contribution in [3.8, 4) is 0 Å². The zero-order valence-electron chi connectivity index (χ0n) is 7.29. The van der Waals surface area contributed by atoms with E-state index in [1.807, 2.05) is 0 Å². The number of aliphatic hydroxyl groups is 1. The molecular weight excluding hydrogens is 156 g/mol. The van der Waals surface area contributed by atoms with Gasteiger partial charge in [-0.05, 0) is 32.1 Å². The van der Waals surface area contributed by atoms with Crippen molar-refractivity contribution in [1.82, 2.24) is 0 Å². The highest BCUT2D eigenvalue weighted by atomic mass is 16.7. The molecule has 1 aliphatic heterocycles. The van der Waals surface area contributed by atoms with E-state index in [4.69, 9.17) is 14.6 Å². The van der Waals surface area contributed by atoms with Crippen LogP contribution in [0.25, 0.3) is 0 Å². The fraction of sp³-hybridized carbons (Fsp3) is 1.00. The smallest absolute Gasteiger partial charge is 0.158 e. The van der Waals surface area contributed by atoms with Gasteiger partial charge in [0.2, 0.25) is 0 Å². The first-order valence-electron chi connectivity index (χ1n) is 4.75. The highest BCUT2D eigenvalue weighted by molar-refractivity contribution is 4.95. The maximum absolute atomic E-state index is 9.01. The first kappa shape index (κ1) is 8.48. The molecule has 3 heteroatoms. The Bertz CT molecular complexity index is 148. The van der Waals surface area contributed by atoms with Gasteiger partial charge in [-0.2, -0.15) is 0 Å². The van der Waals surface area contributed by atoms with Crippen molar-refractivity contribution in [3.05, 3.63) is 0 Å². The fourth-order valence-electron chi connectivity index (χ4n) is 1.54. The van der Waals surface area contributed by atoms with Crippen LogP contribution < -0.4 is 0 Å². The monoisotopic (exact) mass is 172 g/mol. The highest BCUT2D eigenvalue weighted by Gasteiger charge is 2.45. The second-order valence-electron chi connectivity index (χ2n) is 3.76. The van der Waals surface area contributed by atoms with Gasteiger partial charge in [-0.1, -0.05) is 0 Å². The van der Waals surface area contributed by atoms with Crippen LogP contribution in [0.5, 0.6) is 0 Å². The molecule has 2 rings (SSSR count). The van der Waals surface area contributed by atoms with Gasteiger partial charge >= 0.3 is 0 Å². The van der Waals surface area contributed by atoms with Crippen LogP contribution in [-0.4, -0.2) is 30.2 Å². The number of rotatable bonds is 3. The summed E-state index contributed by atoms with van der Waals surface area (Å²) in [6.45, 7) is 0.957. The molecule has 0 aromatic rings. The maximum atomic E-state index is 9.01. The lowest BCUT2D eigenvalue weighted by molar-refractivity contribution is -0.204. The van der Waals surface area contributed by atoms with E-state index in [0.717, 1.165) is 32.3 Å². The summed E-state index contributed by atoms with van der Waals surface area (Å²) in [7, 11) is 0. The predicted octanol–water partition coefficient (Wildman–Crippen LogP) is 1.05. The second kappa shape index (κ2) is 3.32. The van der Waals surface area contributed by atoms with E-state index in [2.05, 4.69) is 0 Å². The van der Waals surface area contributed by atoms with Crippen molar-refractivity contribution in [1.29, 1.82) is 0 Å². The van der Waals surface area contributed by atoms with Crippen LogP contribution in [0, 0.1) is 0 Å². The zero-order valence-corrected chi connectivity index (χ0v) is 7.29. The van der Waals surface area contributed by atoms with E-state index in [1.54, 1.807) is 0 Å². The minimum atomic E-state index is -0.220. The van der Waals surface area contributed by atoms with Gasteiger partial charge in [0.25, 0.3) is 0 Å². The Labute approximate surface area is 72.7 Å². The van der Waals surface area contributed by atoms with E-state index in [-0.39, 0.29) is 18.5 Å². The molecule has 1 heterocycles. The number of aliphatic hydroxyl groups excluding tert-OH is 1. The Morgan fingerprint density at radius 2 is 2.25 bits per heavy atom. The van der Waals surface area contributed by atoms with Gasteiger partial charge in [0, 0.05) is 6.61 Å². The van der Waals surface area contributed by atoms with Crippen molar-refractivity contribution in [3.63, 3.8) is 0 Å². The molecule has 1 saturated heterocycles. The molecule has 1 aliphatic carbocycles. The molecule has 1 saturated carbocycles. The Hall–Kier alpha value is -0.120. The average molecular weight is 172 g/mol. The Morgan fingerprint density at radius 3 is 2.75 bits per heavy atom. The van der Waals surface area contributed by atoms with Crippen LogP contribution in [0.1, 0.15) is 32.1 Å². The number of hydrogen-bond acceptors (Lipinski definition) is 3. The Kier molecular flexibility index (Phi) is 2.35. The molecule has 0 spiro atoms. The van der Waals surface area contributed by atoms with Crippen LogP contribution in [0.3, 0.4) is 0 Å². The standard InChI is InChI=1S/C9H16O3/c10-7-9(4-5-9)12-8-3-1-2-6-11-8/h8,10H,1-7H2. The first-order chi connectivity index (χ1) is 5.85. The van der Waals surface area contributed by atoms with Gasteiger partial charge in [-0.25, -0.2) is 0 Å². The summed E-state index contributed by atoms with van der Waals surface area (Å²) in [4.78, 5) is 0. The molecule has 0 amide bonds. The van der Waals surface area contributed by atoms with Crippen molar-refractivity contribution < 1.29 is 14.6 Å². The van der Waals surface area contributed by atoms with Crippen molar-refractivity contribution in [2.75, 3.05) is 13.2 Å². The van der Waals surface area contributed by atoms with E-state index >= 15 is 0 Å². The van der Waals surface area contributed by atoms with Gasteiger partial charge in [0.1, 0.15) is 0 Å². The maximum Gasteiger partial charge on any atom is 0.158 e. The van der Waals surface area contributed by atoms with Gasteiger partial charge < -0.3 is 14.6 Å². The zero-order chi connectivity index (χ0) is 8.44. The third-order valence-corrected chi connectivity index (χ3v) is 2.62. The summed E-state index contributed by atoms with van der Waals surface area (Å²) in [5.41, 5.74) is -0.220. The van der Waals surface area contributed by atoms with Crippen LogP contribution in [0.15, 0.2) is 0 Å². The second-order valence-corrected chi connectivity index (χ2v) is 3.76. The van der Waals surface area contributed by atoms with Crippen LogP contribution in [0.4, 0.5) is 0 Å². The molecule has 70 valence electrons. The number of hydrogen-bond donors (Lipinski definition) is 1. The molecule has 2 aliphatic rings. The Balaban J connectivity index is 1.77. The predicted molar refractivity (Wildman–Crippen MR) is 43.7 cm³/mol. The van der Waals surface area contributed by atoms with E-state index in [1.165, 1.54) is 6.42 Å².